The monoisotopic (exact) mass is 240 g/mol. The molecule has 0 saturated heterocycles. The summed E-state index contributed by atoms with van der Waals surface area (Å²) in [5, 5.41) is 0. The van der Waals surface area contributed by atoms with Crippen LogP contribution < -0.4 is 9.47 Å². The van der Waals surface area contributed by atoms with Crippen molar-refractivity contribution in [3.05, 3.63) is 29.3 Å². The molecule has 0 unspecified atom stereocenters. The van der Waals surface area contributed by atoms with Gasteiger partial charge in [-0.15, -0.1) is 12.8 Å². The van der Waals surface area contributed by atoms with Crippen molar-refractivity contribution in [1.82, 2.24) is 0 Å². The second-order valence-corrected chi connectivity index (χ2v) is 3.91. The molecule has 0 aromatic heterocycles. The molecule has 0 aliphatic rings. The van der Waals surface area contributed by atoms with Crippen LogP contribution in [0.1, 0.15) is 19.4 Å². The average Bonchev–Trinajstić information content (AvgIpc) is 2.34. The average molecular weight is 240 g/mol. The Morgan fingerprint density at radius 3 is 2.28 bits per heavy atom. The Hall–Kier alpha value is -2.32. The molecule has 0 spiro atoms. The lowest BCUT2D eigenvalue weighted by molar-refractivity contribution is 0.314. The second-order valence-electron chi connectivity index (χ2n) is 3.91. The Balaban J connectivity index is 3.01. The highest BCUT2D eigenvalue weighted by atomic mass is 16.5. The fraction of sp³-hybridized carbons (Fsp3) is 0.250. The van der Waals surface area contributed by atoms with Crippen LogP contribution in [-0.4, -0.2) is 13.2 Å². The summed E-state index contributed by atoms with van der Waals surface area (Å²) in [6.45, 7) is 4.47. The van der Waals surface area contributed by atoms with Gasteiger partial charge in [0.1, 0.15) is 13.2 Å². The fourth-order valence-corrected chi connectivity index (χ4v) is 1.42. The van der Waals surface area contributed by atoms with Crippen molar-refractivity contribution in [2.75, 3.05) is 13.2 Å². The molecular formula is C16H16O2. The third kappa shape index (κ3) is 4.28. The third-order valence-corrected chi connectivity index (χ3v) is 2.05. The summed E-state index contributed by atoms with van der Waals surface area (Å²) in [5.41, 5.74) is 2.24. The Kier molecular flexibility index (Phi) is 5.42. The number of hydrogen-bond acceptors (Lipinski definition) is 2. The molecule has 0 aliphatic carbocycles. The lowest BCUT2D eigenvalue weighted by Crippen LogP contribution is -2.00. The van der Waals surface area contributed by atoms with Gasteiger partial charge in [0.15, 0.2) is 11.5 Å². The molecule has 0 bridgehead atoms. The highest BCUT2D eigenvalue weighted by Gasteiger charge is 2.05. The lowest BCUT2D eigenvalue weighted by Gasteiger charge is -2.10. The van der Waals surface area contributed by atoms with E-state index in [1.54, 1.807) is 0 Å². The Bertz CT molecular complexity index is 509. The van der Waals surface area contributed by atoms with E-state index < -0.39 is 0 Å². The largest absolute Gasteiger partial charge is 0.477 e. The number of benzene rings is 1. The predicted molar refractivity (Wildman–Crippen MR) is 74.4 cm³/mol. The van der Waals surface area contributed by atoms with Crippen LogP contribution in [0.25, 0.3) is 6.08 Å². The molecule has 18 heavy (non-hydrogen) atoms. The minimum absolute atomic E-state index is 0.199. The summed E-state index contributed by atoms with van der Waals surface area (Å²) in [4.78, 5) is 0. The van der Waals surface area contributed by atoms with Crippen LogP contribution in [0.4, 0.5) is 0 Å². The normalized spacial score (nSPS) is 8.89. The van der Waals surface area contributed by atoms with E-state index in [0.717, 1.165) is 5.56 Å². The van der Waals surface area contributed by atoms with E-state index in [0.29, 0.717) is 11.5 Å². The fourth-order valence-electron chi connectivity index (χ4n) is 1.42. The van der Waals surface area contributed by atoms with Gasteiger partial charge in [0, 0.05) is 0 Å². The van der Waals surface area contributed by atoms with Crippen LogP contribution in [0.5, 0.6) is 11.5 Å². The first-order valence-electron chi connectivity index (χ1n) is 5.59. The maximum absolute atomic E-state index is 5.45. The van der Waals surface area contributed by atoms with Crippen molar-refractivity contribution in [3.63, 3.8) is 0 Å². The van der Waals surface area contributed by atoms with Gasteiger partial charge in [-0.3, -0.25) is 0 Å². The highest BCUT2D eigenvalue weighted by Crippen LogP contribution is 2.29. The highest BCUT2D eigenvalue weighted by molar-refractivity contribution is 5.57. The number of hydrogen-bond donors (Lipinski definition) is 0. The molecule has 0 heterocycles. The first-order chi connectivity index (χ1) is 8.67. The summed E-state index contributed by atoms with van der Waals surface area (Å²) in [7, 11) is 0. The molecule has 92 valence electrons. The summed E-state index contributed by atoms with van der Waals surface area (Å²) in [5.74, 6) is 6.06. The molecule has 0 N–H and O–H groups in total. The van der Waals surface area contributed by atoms with E-state index in [1.165, 1.54) is 5.57 Å². The molecule has 0 atom stereocenters. The Morgan fingerprint density at radius 1 is 1.11 bits per heavy atom. The number of terminal acetylenes is 2. The van der Waals surface area contributed by atoms with Crippen molar-refractivity contribution in [2.24, 2.45) is 0 Å². The van der Waals surface area contributed by atoms with Crippen molar-refractivity contribution >= 4 is 6.08 Å². The van der Waals surface area contributed by atoms with Crippen LogP contribution in [0.3, 0.4) is 0 Å². The van der Waals surface area contributed by atoms with Crippen molar-refractivity contribution in [3.8, 4) is 36.2 Å². The zero-order valence-corrected chi connectivity index (χ0v) is 10.7. The van der Waals surface area contributed by atoms with Gasteiger partial charge in [-0.25, -0.2) is 0 Å². The van der Waals surface area contributed by atoms with Gasteiger partial charge >= 0.3 is 0 Å². The van der Waals surface area contributed by atoms with E-state index in [2.05, 4.69) is 11.8 Å². The van der Waals surface area contributed by atoms with Crippen molar-refractivity contribution in [1.29, 1.82) is 0 Å². The summed E-state index contributed by atoms with van der Waals surface area (Å²) >= 11 is 0. The van der Waals surface area contributed by atoms with E-state index in [-0.39, 0.29) is 13.2 Å². The van der Waals surface area contributed by atoms with Gasteiger partial charge in [-0.1, -0.05) is 29.6 Å². The van der Waals surface area contributed by atoms with Gasteiger partial charge in [0.25, 0.3) is 0 Å². The molecular weight excluding hydrogens is 224 g/mol. The molecule has 0 radical (unpaired) electrons. The van der Waals surface area contributed by atoms with Crippen LogP contribution in [-0.2, 0) is 0 Å². The van der Waals surface area contributed by atoms with Crippen molar-refractivity contribution in [2.45, 2.75) is 13.8 Å². The predicted octanol–water partition coefficient (Wildman–Crippen LogP) is 3.13. The van der Waals surface area contributed by atoms with E-state index in [1.807, 2.05) is 38.1 Å². The Morgan fingerprint density at radius 2 is 1.72 bits per heavy atom. The molecule has 2 heteroatoms. The minimum atomic E-state index is 0.199. The minimum Gasteiger partial charge on any atom is -0.477 e. The summed E-state index contributed by atoms with van der Waals surface area (Å²) < 4.78 is 10.8. The van der Waals surface area contributed by atoms with Crippen LogP contribution in [0.15, 0.2) is 23.8 Å². The first-order valence-corrected chi connectivity index (χ1v) is 5.59. The van der Waals surface area contributed by atoms with Crippen LogP contribution in [0, 0.1) is 24.7 Å². The van der Waals surface area contributed by atoms with Gasteiger partial charge in [-0.05, 0) is 31.5 Å². The molecule has 0 aliphatic heterocycles. The number of allylic oxidation sites excluding steroid dienone is 1. The zero-order chi connectivity index (χ0) is 13.4. The summed E-state index contributed by atoms with van der Waals surface area (Å²) in [6, 6.07) is 5.66. The zero-order valence-electron chi connectivity index (χ0n) is 10.7. The van der Waals surface area contributed by atoms with E-state index in [9.17, 15) is 0 Å². The van der Waals surface area contributed by atoms with Gasteiger partial charge in [0.05, 0.1) is 0 Å². The van der Waals surface area contributed by atoms with Crippen molar-refractivity contribution < 1.29 is 9.47 Å². The maximum Gasteiger partial charge on any atom is 0.163 e. The number of rotatable bonds is 5. The third-order valence-electron chi connectivity index (χ3n) is 2.05. The summed E-state index contributed by atoms with van der Waals surface area (Å²) in [6.07, 6.45) is 12.4. The van der Waals surface area contributed by atoms with Crippen LogP contribution >= 0.6 is 0 Å². The van der Waals surface area contributed by atoms with Gasteiger partial charge in [-0.2, -0.15) is 0 Å². The lowest BCUT2D eigenvalue weighted by atomic mass is 10.1. The molecule has 2 nitrogen and oxygen atoms in total. The smallest absolute Gasteiger partial charge is 0.163 e. The van der Waals surface area contributed by atoms with Crippen LogP contribution in [0.2, 0.25) is 0 Å². The quantitative estimate of drug-likeness (QED) is 0.736. The maximum atomic E-state index is 5.45. The molecule has 0 amide bonds. The molecule has 0 saturated carbocycles. The topological polar surface area (TPSA) is 18.5 Å². The SMILES string of the molecule is C#CCOc1ccc(C=C(C)C)cc1OCC#C. The van der Waals surface area contributed by atoms with E-state index >= 15 is 0 Å². The van der Waals surface area contributed by atoms with Gasteiger partial charge in [0.2, 0.25) is 0 Å². The second kappa shape index (κ2) is 7.09. The Labute approximate surface area is 109 Å². The van der Waals surface area contributed by atoms with E-state index in [4.69, 9.17) is 22.3 Å². The van der Waals surface area contributed by atoms with Gasteiger partial charge < -0.3 is 9.47 Å². The standard InChI is InChI=1S/C16H16O2/c1-5-9-17-15-8-7-14(11-13(3)4)12-16(15)18-10-6-2/h1-2,7-8,11-12H,9-10H2,3-4H3. The molecule has 1 aromatic rings. The molecule has 0 fully saturated rings. The molecule has 1 rings (SSSR count). The first kappa shape index (κ1) is 13.7. The molecule has 1 aromatic carbocycles. The number of ether oxygens (including phenoxy) is 2.